The van der Waals surface area contributed by atoms with Crippen molar-refractivity contribution in [2.75, 3.05) is 26.2 Å². The fourth-order valence-corrected chi connectivity index (χ4v) is 2.72. The zero-order chi connectivity index (χ0) is 9.97. The van der Waals surface area contributed by atoms with E-state index in [1.807, 2.05) is 0 Å². The van der Waals surface area contributed by atoms with Crippen molar-refractivity contribution in [2.45, 2.75) is 38.3 Å². The van der Waals surface area contributed by atoms with Crippen LogP contribution in [-0.4, -0.2) is 48.3 Å². The van der Waals surface area contributed by atoms with Crippen LogP contribution in [0.3, 0.4) is 0 Å². The molecule has 2 aliphatic heterocycles. The fraction of sp³-hybridized carbons (Fsp3) is 1.00. The highest BCUT2D eigenvalue weighted by atomic mass is 16.3. The molecule has 0 aromatic rings. The molecule has 2 unspecified atom stereocenters. The third-order valence-electron chi connectivity index (χ3n) is 3.85. The standard InChI is InChI=1S/C11H22N2O/c1-2-9-3-5-13(6-4-9)10-7-12-8-11(10)14/h9-12,14H,2-8H2,1H3. The summed E-state index contributed by atoms with van der Waals surface area (Å²) in [5.74, 6) is 0.928. The van der Waals surface area contributed by atoms with Gasteiger partial charge in [0.15, 0.2) is 0 Å². The number of piperidine rings is 1. The number of nitrogens with zero attached hydrogens (tertiary/aromatic N) is 1. The van der Waals surface area contributed by atoms with Gasteiger partial charge in [-0.3, -0.25) is 4.90 Å². The minimum absolute atomic E-state index is 0.145. The van der Waals surface area contributed by atoms with Crippen molar-refractivity contribution in [2.24, 2.45) is 5.92 Å². The minimum atomic E-state index is -0.145. The van der Waals surface area contributed by atoms with Crippen LogP contribution in [0.4, 0.5) is 0 Å². The van der Waals surface area contributed by atoms with Gasteiger partial charge in [0, 0.05) is 19.1 Å². The molecule has 0 amide bonds. The molecule has 0 bridgehead atoms. The summed E-state index contributed by atoms with van der Waals surface area (Å²) < 4.78 is 0. The average Bonchev–Trinajstić information content (AvgIpc) is 2.65. The zero-order valence-electron chi connectivity index (χ0n) is 9.08. The number of β-amino-alcohol motifs (C(OH)–C–C–N with tert-alkyl or cyclic N) is 1. The number of aliphatic hydroxyl groups excluding tert-OH is 1. The summed E-state index contributed by atoms with van der Waals surface area (Å²) in [6.07, 6.45) is 3.81. The lowest BCUT2D eigenvalue weighted by Crippen LogP contribution is -2.47. The van der Waals surface area contributed by atoms with Crippen LogP contribution in [0.25, 0.3) is 0 Å². The van der Waals surface area contributed by atoms with Crippen molar-refractivity contribution >= 4 is 0 Å². The summed E-state index contributed by atoms with van der Waals surface area (Å²) in [7, 11) is 0. The van der Waals surface area contributed by atoms with Gasteiger partial charge in [-0.25, -0.2) is 0 Å². The molecule has 2 fully saturated rings. The molecular formula is C11H22N2O. The Kier molecular flexibility index (Phi) is 3.42. The van der Waals surface area contributed by atoms with Gasteiger partial charge in [0.25, 0.3) is 0 Å². The van der Waals surface area contributed by atoms with Gasteiger partial charge in [0.05, 0.1) is 6.10 Å². The van der Waals surface area contributed by atoms with Gasteiger partial charge in [-0.15, -0.1) is 0 Å². The van der Waals surface area contributed by atoms with Crippen LogP contribution in [0.15, 0.2) is 0 Å². The molecule has 3 nitrogen and oxygen atoms in total. The first-order valence-electron chi connectivity index (χ1n) is 5.94. The van der Waals surface area contributed by atoms with Crippen LogP contribution in [0.5, 0.6) is 0 Å². The Morgan fingerprint density at radius 3 is 2.50 bits per heavy atom. The molecule has 2 atom stereocenters. The first-order chi connectivity index (χ1) is 6.81. The van der Waals surface area contributed by atoms with Crippen molar-refractivity contribution in [1.29, 1.82) is 0 Å². The van der Waals surface area contributed by atoms with Gasteiger partial charge in [-0.1, -0.05) is 13.3 Å². The van der Waals surface area contributed by atoms with Gasteiger partial charge in [0.1, 0.15) is 0 Å². The summed E-state index contributed by atoms with van der Waals surface area (Å²) >= 11 is 0. The number of nitrogens with one attached hydrogen (secondary N) is 1. The second-order valence-corrected chi connectivity index (χ2v) is 4.68. The Labute approximate surface area is 86.5 Å². The van der Waals surface area contributed by atoms with Crippen LogP contribution in [-0.2, 0) is 0 Å². The Morgan fingerprint density at radius 2 is 2.00 bits per heavy atom. The third kappa shape index (κ3) is 2.10. The SMILES string of the molecule is CCC1CCN(C2CNCC2O)CC1. The van der Waals surface area contributed by atoms with Crippen molar-refractivity contribution in [1.82, 2.24) is 10.2 Å². The number of likely N-dealkylation sites (tertiary alicyclic amines) is 1. The van der Waals surface area contributed by atoms with Gasteiger partial charge in [0.2, 0.25) is 0 Å². The molecule has 2 N–H and O–H groups in total. The van der Waals surface area contributed by atoms with Gasteiger partial charge in [-0.05, 0) is 31.8 Å². The molecular weight excluding hydrogens is 176 g/mol. The Balaban J connectivity index is 1.82. The lowest BCUT2D eigenvalue weighted by molar-refractivity contribution is 0.0583. The Hall–Kier alpha value is -0.120. The van der Waals surface area contributed by atoms with E-state index < -0.39 is 0 Å². The molecule has 0 saturated carbocycles. The van der Waals surface area contributed by atoms with Crippen LogP contribution in [0, 0.1) is 5.92 Å². The molecule has 0 spiro atoms. The van der Waals surface area contributed by atoms with Crippen molar-refractivity contribution < 1.29 is 5.11 Å². The molecule has 2 heterocycles. The maximum absolute atomic E-state index is 9.76. The summed E-state index contributed by atoms with van der Waals surface area (Å²) in [5, 5.41) is 13.0. The Morgan fingerprint density at radius 1 is 1.29 bits per heavy atom. The predicted molar refractivity (Wildman–Crippen MR) is 57.3 cm³/mol. The molecule has 3 heteroatoms. The summed E-state index contributed by atoms with van der Waals surface area (Å²) in [5.41, 5.74) is 0. The van der Waals surface area contributed by atoms with Crippen LogP contribution >= 0.6 is 0 Å². The second-order valence-electron chi connectivity index (χ2n) is 4.68. The van der Waals surface area contributed by atoms with Gasteiger partial charge < -0.3 is 10.4 Å². The number of hydrogen-bond acceptors (Lipinski definition) is 3. The zero-order valence-corrected chi connectivity index (χ0v) is 9.08. The molecule has 0 aromatic carbocycles. The second kappa shape index (κ2) is 4.60. The van der Waals surface area contributed by atoms with Crippen molar-refractivity contribution in [3.05, 3.63) is 0 Å². The fourth-order valence-electron chi connectivity index (χ4n) is 2.72. The van der Waals surface area contributed by atoms with E-state index in [9.17, 15) is 5.11 Å². The van der Waals surface area contributed by atoms with Crippen LogP contribution < -0.4 is 5.32 Å². The van der Waals surface area contributed by atoms with E-state index in [1.165, 1.54) is 32.4 Å². The average molecular weight is 198 g/mol. The highest BCUT2D eigenvalue weighted by Crippen LogP contribution is 2.23. The molecule has 2 saturated heterocycles. The van der Waals surface area contributed by atoms with Crippen LogP contribution in [0.2, 0.25) is 0 Å². The van der Waals surface area contributed by atoms with Crippen molar-refractivity contribution in [3.63, 3.8) is 0 Å². The molecule has 2 aliphatic rings. The van der Waals surface area contributed by atoms with E-state index in [2.05, 4.69) is 17.1 Å². The van der Waals surface area contributed by atoms with Gasteiger partial charge >= 0.3 is 0 Å². The first-order valence-corrected chi connectivity index (χ1v) is 5.94. The normalized spacial score (nSPS) is 36.4. The molecule has 14 heavy (non-hydrogen) atoms. The van der Waals surface area contributed by atoms with E-state index in [-0.39, 0.29) is 6.10 Å². The third-order valence-corrected chi connectivity index (χ3v) is 3.85. The summed E-state index contributed by atoms with van der Waals surface area (Å²) in [4.78, 5) is 2.47. The summed E-state index contributed by atoms with van der Waals surface area (Å²) in [6, 6.07) is 0.382. The maximum atomic E-state index is 9.76. The van der Waals surface area contributed by atoms with Crippen LogP contribution in [0.1, 0.15) is 26.2 Å². The predicted octanol–water partition coefficient (Wildman–Crippen LogP) is 0.441. The first kappa shape index (κ1) is 10.4. The lowest BCUT2D eigenvalue weighted by Gasteiger charge is -2.36. The molecule has 82 valence electrons. The molecule has 2 rings (SSSR count). The molecule has 0 radical (unpaired) electrons. The van der Waals surface area contributed by atoms with E-state index in [0.717, 1.165) is 19.0 Å². The van der Waals surface area contributed by atoms with E-state index in [1.54, 1.807) is 0 Å². The highest BCUT2D eigenvalue weighted by Gasteiger charge is 2.32. The lowest BCUT2D eigenvalue weighted by atomic mass is 9.93. The summed E-state index contributed by atoms with van der Waals surface area (Å²) in [6.45, 7) is 6.40. The number of aliphatic hydroxyl groups is 1. The van der Waals surface area contributed by atoms with E-state index >= 15 is 0 Å². The largest absolute Gasteiger partial charge is 0.390 e. The number of hydrogen-bond donors (Lipinski definition) is 2. The molecule has 0 aromatic heterocycles. The highest BCUT2D eigenvalue weighted by molar-refractivity contribution is 4.90. The van der Waals surface area contributed by atoms with E-state index in [0.29, 0.717) is 6.04 Å². The Bertz CT molecular complexity index is 178. The molecule has 0 aliphatic carbocycles. The maximum Gasteiger partial charge on any atom is 0.0831 e. The monoisotopic (exact) mass is 198 g/mol. The topological polar surface area (TPSA) is 35.5 Å². The van der Waals surface area contributed by atoms with E-state index in [4.69, 9.17) is 0 Å². The van der Waals surface area contributed by atoms with Crippen molar-refractivity contribution in [3.8, 4) is 0 Å². The van der Waals surface area contributed by atoms with Gasteiger partial charge in [-0.2, -0.15) is 0 Å². The smallest absolute Gasteiger partial charge is 0.0831 e. The quantitative estimate of drug-likeness (QED) is 0.676. The number of rotatable bonds is 2. The minimum Gasteiger partial charge on any atom is -0.390 e.